The third-order valence-electron chi connectivity index (χ3n) is 3.20. The van der Waals surface area contributed by atoms with E-state index in [9.17, 15) is 9.90 Å². The highest BCUT2D eigenvalue weighted by Crippen LogP contribution is 2.32. The van der Waals surface area contributed by atoms with Crippen molar-refractivity contribution in [1.82, 2.24) is 5.01 Å². The summed E-state index contributed by atoms with van der Waals surface area (Å²) in [5.41, 5.74) is 0.0778. The summed E-state index contributed by atoms with van der Waals surface area (Å²) in [4.78, 5) is 12.6. The molecule has 1 N–H and O–H groups in total. The summed E-state index contributed by atoms with van der Waals surface area (Å²) >= 11 is 3.35. The first-order valence-corrected chi connectivity index (χ1v) is 7.48. The molecule has 0 fully saturated rings. The lowest BCUT2D eigenvalue weighted by Gasteiger charge is -2.32. The number of hydrazone groups is 1. The molecular weight excluding hydrogens is 320 g/mol. The average Bonchev–Trinajstić information content (AvgIpc) is 2.62. The number of benzene rings is 1. The van der Waals surface area contributed by atoms with Crippen LogP contribution in [0.5, 0.6) is 0 Å². The third-order valence-corrected chi connectivity index (χ3v) is 3.70. The van der Waals surface area contributed by atoms with Gasteiger partial charge in [0.1, 0.15) is 0 Å². The number of amides is 1. The van der Waals surface area contributed by atoms with Crippen molar-refractivity contribution in [2.24, 2.45) is 11.0 Å². The van der Waals surface area contributed by atoms with Gasteiger partial charge in [-0.1, -0.05) is 35.8 Å². The number of halogens is 1. The van der Waals surface area contributed by atoms with Crippen molar-refractivity contribution in [3.8, 4) is 0 Å². The molecule has 0 radical (unpaired) electrons. The Morgan fingerprint density at radius 3 is 2.85 bits per heavy atom. The highest BCUT2D eigenvalue weighted by Gasteiger charge is 2.43. The van der Waals surface area contributed by atoms with E-state index in [0.29, 0.717) is 18.4 Å². The fraction of sp³-hybridized carbons (Fsp3) is 0.467. The van der Waals surface area contributed by atoms with Crippen LogP contribution in [0.15, 0.2) is 33.8 Å². The molecule has 20 heavy (non-hydrogen) atoms. The quantitative estimate of drug-likeness (QED) is 0.918. The number of carbonyl (C=O) groups excluding carboxylic acids is 1. The molecule has 0 aliphatic carbocycles. The maximum Gasteiger partial charge on any atom is 0.276 e. The number of nitrogens with zero attached hydrogens (tertiary/aromatic N) is 2. The van der Waals surface area contributed by atoms with Crippen LogP contribution in [-0.4, -0.2) is 27.5 Å². The van der Waals surface area contributed by atoms with Crippen LogP contribution in [0.2, 0.25) is 0 Å². The number of aliphatic hydroxyl groups is 1. The number of rotatable bonds is 3. The van der Waals surface area contributed by atoms with E-state index >= 15 is 0 Å². The van der Waals surface area contributed by atoms with E-state index < -0.39 is 5.72 Å². The van der Waals surface area contributed by atoms with Crippen LogP contribution in [0.1, 0.15) is 44.0 Å². The molecule has 1 heterocycles. The molecule has 1 aliphatic rings. The maximum absolute atomic E-state index is 12.6. The number of hydrogen-bond donors (Lipinski definition) is 1. The van der Waals surface area contributed by atoms with Crippen molar-refractivity contribution in [3.05, 3.63) is 34.3 Å². The Morgan fingerprint density at radius 2 is 2.25 bits per heavy atom. The largest absolute Gasteiger partial charge is 0.369 e. The van der Waals surface area contributed by atoms with Crippen LogP contribution in [0.4, 0.5) is 0 Å². The van der Waals surface area contributed by atoms with Gasteiger partial charge in [0.25, 0.3) is 5.91 Å². The summed E-state index contributed by atoms with van der Waals surface area (Å²) in [5, 5.41) is 16.2. The predicted molar refractivity (Wildman–Crippen MR) is 82.4 cm³/mol. The van der Waals surface area contributed by atoms with Gasteiger partial charge in [-0.25, -0.2) is 0 Å². The van der Waals surface area contributed by atoms with Gasteiger partial charge in [0.15, 0.2) is 5.72 Å². The Labute approximate surface area is 127 Å². The molecule has 1 aliphatic heterocycles. The summed E-state index contributed by atoms with van der Waals surface area (Å²) in [5.74, 6) is 0.00482. The van der Waals surface area contributed by atoms with Crippen LogP contribution in [0.3, 0.4) is 0 Å². The Hall–Kier alpha value is -1.20. The standard InChI is InChI=1S/C15H19BrN2O2/c1-10(2)8-15(20)9-11(3)17-18(15)14(19)12-5-4-6-13(16)7-12/h4-7,10,20H,8-9H2,1-3H3/t15-/m0/s1. The van der Waals surface area contributed by atoms with Gasteiger partial charge in [-0.15, -0.1) is 0 Å². The molecular formula is C15H19BrN2O2. The van der Waals surface area contributed by atoms with Gasteiger partial charge in [-0.2, -0.15) is 10.1 Å². The van der Waals surface area contributed by atoms with Crippen molar-refractivity contribution in [2.75, 3.05) is 0 Å². The summed E-state index contributed by atoms with van der Waals surface area (Å²) in [6.07, 6.45) is 0.915. The van der Waals surface area contributed by atoms with Gasteiger partial charge in [0.2, 0.25) is 0 Å². The van der Waals surface area contributed by atoms with Crippen molar-refractivity contribution in [2.45, 2.75) is 39.3 Å². The van der Waals surface area contributed by atoms with Crippen LogP contribution in [0, 0.1) is 5.92 Å². The van der Waals surface area contributed by atoms with E-state index in [2.05, 4.69) is 21.0 Å². The lowest BCUT2D eigenvalue weighted by atomic mass is 9.95. The molecule has 0 saturated heterocycles. The topological polar surface area (TPSA) is 52.9 Å². The summed E-state index contributed by atoms with van der Waals surface area (Å²) in [7, 11) is 0. The third kappa shape index (κ3) is 3.10. The van der Waals surface area contributed by atoms with E-state index in [0.717, 1.165) is 10.2 Å². The fourth-order valence-corrected chi connectivity index (χ4v) is 2.97. The monoisotopic (exact) mass is 338 g/mol. The normalized spacial score (nSPS) is 22.3. The van der Waals surface area contributed by atoms with Crippen molar-refractivity contribution in [3.63, 3.8) is 0 Å². The maximum atomic E-state index is 12.6. The molecule has 1 amide bonds. The second-order valence-corrected chi connectivity index (χ2v) is 6.64. The Bertz CT molecular complexity index is 557. The van der Waals surface area contributed by atoms with E-state index in [1.165, 1.54) is 5.01 Å². The van der Waals surface area contributed by atoms with Gasteiger partial charge in [-0.3, -0.25) is 4.79 Å². The highest BCUT2D eigenvalue weighted by atomic mass is 79.9. The smallest absolute Gasteiger partial charge is 0.276 e. The minimum Gasteiger partial charge on any atom is -0.369 e. The molecule has 1 aromatic rings. The van der Waals surface area contributed by atoms with E-state index in [-0.39, 0.29) is 11.8 Å². The van der Waals surface area contributed by atoms with Crippen LogP contribution < -0.4 is 0 Å². The summed E-state index contributed by atoms with van der Waals surface area (Å²) in [6.45, 7) is 5.88. The van der Waals surface area contributed by atoms with E-state index in [1.807, 2.05) is 26.8 Å². The number of hydrogen-bond acceptors (Lipinski definition) is 3. The fourth-order valence-electron chi connectivity index (χ4n) is 2.57. The van der Waals surface area contributed by atoms with Gasteiger partial charge in [-0.05, 0) is 37.5 Å². The molecule has 0 aromatic heterocycles. The SMILES string of the molecule is CC1=NN(C(=O)c2cccc(Br)c2)[C@](O)(CC(C)C)C1. The van der Waals surface area contributed by atoms with E-state index in [1.54, 1.807) is 18.2 Å². The van der Waals surface area contributed by atoms with Crippen molar-refractivity contribution in [1.29, 1.82) is 0 Å². The molecule has 0 spiro atoms. The molecule has 5 heteroatoms. The molecule has 2 rings (SSSR count). The van der Waals surface area contributed by atoms with Crippen LogP contribution >= 0.6 is 15.9 Å². The predicted octanol–water partition coefficient (Wildman–Crippen LogP) is 3.41. The molecule has 0 saturated carbocycles. The first-order chi connectivity index (χ1) is 9.32. The lowest BCUT2D eigenvalue weighted by Crippen LogP contribution is -2.46. The molecule has 0 unspecified atom stereocenters. The summed E-state index contributed by atoms with van der Waals surface area (Å²) < 4.78 is 0.829. The van der Waals surface area contributed by atoms with E-state index in [4.69, 9.17) is 0 Å². The second kappa shape index (κ2) is 5.66. The first-order valence-electron chi connectivity index (χ1n) is 6.68. The minimum atomic E-state index is -1.21. The highest BCUT2D eigenvalue weighted by molar-refractivity contribution is 9.10. The Morgan fingerprint density at radius 1 is 1.55 bits per heavy atom. The number of carbonyl (C=O) groups is 1. The zero-order valence-corrected chi connectivity index (χ0v) is 13.5. The van der Waals surface area contributed by atoms with Gasteiger partial charge in [0, 0.05) is 22.2 Å². The Kier molecular flexibility index (Phi) is 4.30. The van der Waals surface area contributed by atoms with Crippen LogP contribution in [-0.2, 0) is 0 Å². The average molecular weight is 339 g/mol. The van der Waals surface area contributed by atoms with Gasteiger partial charge in [0.05, 0.1) is 0 Å². The first kappa shape index (κ1) is 15.2. The minimum absolute atomic E-state index is 0.272. The molecule has 108 valence electrons. The van der Waals surface area contributed by atoms with Crippen molar-refractivity contribution < 1.29 is 9.90 Å². The van der Waals surface area contributed by atoms with Gasteiger partial charge < -0.3 is 5.11 Å². The zero-order valence-electron chi connectivity index (χ0n) is 11.9. The molecule has 4 nitrogen and oxygen atoms in total. The molecule has 1 aromatic carbocycles. The van der Waals surface area contributed by atoms with Crippen molar-refractivity contribution >= 4 is 27.5 Å². The second-order valence-electron chi connectivity index (χ2n) is 5.72. The summed E-state index contributed by atoms with van der Waals surface area (Å²) in [6, 6.07) is 7.12. The lowest BCUT2D eigenvalue weighted by molar-refractivity contribution is -0.0834. The molecule has 1 atom stereocenters. The molecule has 0 bridgehead atoms. The van der Waals surface area contributed by atoms with Gasteiger partial charge >= 0.3 is 0 Å². The van der Waals surface area contributed by atoms with Crippen LogP contribution in [0.25, 0.3) is 0 Å². The Balaban J connectivity index is 2.31. The zero-order chi connectivity index (χ0) is 14.9.